The minimum atomic E-state index is 0.453. The summed E-state index contributed by atoms with van der Waals surface area (Å²) in [5.41, 5.74) is 3.53. The minimum Gasteiger partial charge on any atom is -0.310 e. The lowest BCUT2D eigenvalue weighted by Gasteiger charge is -2.33. The van der Waals surface area contributed by atoms with Crippen LogP contribution in [0.3, 0.4) is 0 Å². The number of hydrogen-bond donors (Lipinski definition) is 2. The molecule has 0 saturated heterocycles. The lowest BCUT2D eigenvalue weighted by Crippen LogP contribution is -2.33. The molecule has 4 heteroatoms. The second kappa shape index (κ2) is 6.39. The molecule has 0 radical (unpaired) electrons. The normalized spacial score (nSPS) is 17.8. The van der Waals surface area contributed by atoms with Crippen LogP contribution in [0.25, 0.3) is 11.3 Å². The number of benzene rings is 1. The topological polar surface area (TPSA) is 53.6 Å². The number of aromatic nitrogens is 3. The van der Waals surface area contributed by atoms with E-state index < -0.39 is 0 Å². The van der Waals surface area contributed by atoms with Crippen LogP contribution in [0.1, 0.15) is 44.7 Å². The highest BCUT2D eigenvalue weighted by molar-refractivity contribution is 5.60. The molecule has 1 aliphatic carbocycles. The van der Waals surface area contributed by atoms with E-state index in [1.807, 2.05) is 18.2 Å². The molecule has 3 rings (SSSR count). The first-order valence-corrected chi connectivity index (χ1v) is 7.93. The number of H-pyrrole nitrogens is 1. The van der Waals surface area contributed by atoms with Gasteiger partial charge in [0.2, 0.25) is 0 Å². The van der Waals surface area contributed by atoms with E-state index in [9.17, 15) is 0 Å². The minimum absolute atomic E-state index is 0.453. The third-order valence-electron chi connectivity index (χ3n) is 4.57. The number of aromatic amines is 1. The summed E-state index contributed by atoms with van der Waals surface area (Å²) >= 11 is 0. The lowest BCUT2D eigenvalue weighted by atomic mass is 9.76. The maximum atomic E-state index is 4.30. The molecule has 1 saturated carbocycles. The van der Waals surface area contributed by atoms with Crippen molar-refractivity contribution in [2.45, 2.75) is 45.6 Å². The molecule has 0 amide bonds. The summed E-state index contributed by atoms with van der Waals surface area (Å²) in [7, 11) is 0. The van der Waals surface area contributed by atoms with Crippen LogP contribution >= 0.6 is 0 Å². The molecule has 2 aromatic rings. The molecule has 1 aromatic heterocycles. The van der Waals surface area contributed by atoms with Crippen molar-refractivity contribution < 1.29 is 0 Å². The predicted octanol–water partition coefficient (Wildman–Crippen LogP) is 3.53. The Bertz CT molecular complexity index is 555. The SMILES string of the molecule is CC1(CNCc2n[nH]nc2-c2ccccc2)CCCCC1. The number of rotatable bonds is 5. The molecule has 4 nitrogen and oxygen atoms in total. The van der Waals surface area contributed by atoms with Crippen LogP contribution in [0.5, 0.6) is 0 Å². The highest BCUT2D eigenvalue weighted by Crippen LogP contribution is 2.35. The van der Waals surface area contributed by atoms with E-state index in [4.69, 9.17) is 0 Å². The molecule has 0 aliphatic heterocycles. The van der Waals surface area contributed by atoms with Crippen molar-refractivity contribution in [3.63, 3.8) is 0 Å². The molecule has 0 spiro atoms. The summed E-state index contributed by atoms with van der Waals surface area (Å²) in [6.45, 7) is 4.24. The summed E-state index contributed by atoms with van der Waals surface area (Å²) in [6, 6.07) is 10.2. The Morgan fingerprint density at radius 3 is 2.62 bits per heavy atom. The van der Waals surface area contributed by atoms with E-state index >= 15 is 0 Å². The number of nitrogens with zero attached hydrogens (tertiary/aromatic N) is 2. The van der Waals surface area contributed by atoms with Crippen LogP contribution in [-0.4, -0.2) is 22.0 Å². The van der Waals surface area contributed by atoms with E-state index in [0.29, 0.717) is 5.41 Å². The molecular formula is C17H24N4. The summed E-state index contributed by atoms with van der Waals surface area (Å²) in [6.07, 6.45) is 6.82. The lowest BCUT2D eigenvalue weighted by molar-refractivity contribution is 0.207. The Kier molecular flexibility index (Phi) is 4.34. The zero-order chi connectivity index (χ0) is 14.5. The highest BCUT2D eigenvalue weighted by Gasteiger charge is 2.26. The van der Waals surface area contributed by atoms with Crippen LogP contribution in [0, 0.1) is 5.41 Å². The first-order valence-electron chi connectivity index (χ1n) is 7.93. The molecule has 112 valence electrons. The molecular weight excluding hydrogens is 260 g/mol. The smallest absolute Gasteiger partial charge is 0.117 e. The number of nitrogens with one attached hydrogen (secondary N) is 2. The van der Waals surface area contributed by atoms with Gasteiger partial charge in [0, 0.05) is 18.7 Å². The Labute approximate surface area is 126 Å². The van der Waals surface area contributed by atoms with Crippen LogP contribution in [0.2, 0.25) is 0 Å². The van der Waals surface area contributed by atoms with Crippen LogP contribution in [-0.2, 0) is 6.54 Å². The van der Waals surface area contributed by atoms with Gasteiger partial charge in [-0.1, -0.05) is 56.5 Å². The second-order valence-corrected chi connectivity index (χ2v) is 6.46. The number of hydrogen-bond acceptors (Lipinski definition) is 3. The van der Waals surface area contributed by atoms with Gasteiger partial charge in [-0.3, -0.25) is 0 Å². The molecule has 0 bridgehead atoms. The molecule has 21 heavy (non-hydrogen) atoms. The molecule has 0 atom stereocenters. The quantitative estimate of drug-likeness (QED) is 0.883. The first-order chi connectivity index (χ1) is 10.3. The first kappa shape index (κ1) is 14.3. The van der Waals surface area contributed by atoms with Crippen LogP contribution in [0.15, 0.2) is 30.3 Å². The monoisotopic (exact) mass is 284 g/mol. The van der Waals surface area contributed by atoms with Crippen molar-refractivity contribution in [3.05, 3.63) is 36.0 Å². The summed E-state index contributed by atoms with van der Waals surface area (Å²) in [4.78, 5) is 0. The van der Waals surface area contributed by atoms with Crippen LogP contribution < -0.4 is 5.32 Å². The maximum absolute atomic E-state index is 4.30. The Morgan fingerprint density at radius 2 is 1.86 bits per heavy atom. The van der Waals surface area contributed by atoms with Crippen molar-refractivity contribution in [1.82, 2.24) is 20.7 Å². The average molecular weight is 284 g/mol. The van der Waals surface area contributed by atoms with Gasteiger partial charge in [0.1, 0.15) is 11.4 Å². The molecule has 2 N–H and O–H groups in total. The molecule has 1 aliphatic rings. The van der Waals surface area contributed by atoms with Gasteiger partial charge in [-0.2, -0.15) is 15.4 Å². The van der Waals surface area contributed by atoms with Crippen molar-refractivity contribution in [2.75, 3.05) is 6.54 Å². The largest absolute Gasteiger partial charge is 0.310 e. The van der Waals surface area contributed by atoms with Gasteiger partial charge in [-0.15, -0.1) is 0 Å². The summed E-state index contributed by atoms with van der Waals surface area (Å²) in [5.74, 6) is 0. The fraction of sp³-hybridized carbons (Fsp3) is 0.529. The molecule has 1 heterocycles. The van der Waals surface area contributed by atoms with Crippen molar-refractivity contribution in [2.24, 2.45) is 5.41 Å². The van der Waals surface area contributed by atoms with Crippen molar-refractivity contribution in [1.29, 1.82) is 0 Å². The standard InChI is InChI=1S/C17H24N4/c1-17(10-6-3-7-11-17)13-18-12-15-16(20-21-19-15)14-8-4-2-5-9-14/h2,4-5,8-9,18H,3,6-7,10-13H2,1H3,(H,19,20,21). The molecule has 1 aromatic carbocycles. The fourth-order valence-corrected chi connectivity index (χ4v) is 3.27. The van der Waals surface area contributed by atoms with E-state index in [0.717, 1.165) is 30.0 Å². The summed E-state index contributed by atoms with van der Waals surface area (Å²) in [5, 5.41) is 14.9. The van der Waals surface area contributed by atoms with Gasteiger partial charge < -0.3 is 5.32 Å². The van der Waals surface area contributed by atoms with Gasteiger partial charge in [-0.25, -0.2) is 0 Å². The predicted molar refractivity (Wildman–Crippen MR) is 84.7 cm³/mol. The zero-order valence-electron chi connectivity index (χ0n) is 12.7. The summed E-state index contributed by atoms with van der Waals surface area (Å²) < 4.78 is 0. The third-order valence-corrected chi connectivity index (χ3v) is 4.57. The van der Waals surface area contributed by atoms with Gasteiger partial charge in [0.15, 0.2) is 0 Å². The second-order valence-electron chi connectivity index (χ2n) is 6.46. The average Bonchev–Trinajstić information content (AvgIpc) is 2.97. The van der Waals surface area contributed by atoms with Gasteiger partial charge in [0.05, 0.1) is 0 Å². The Morgan fingerprint density at radius 1 is 1.10 bits per heavy atom. The van der Waals surface area contributed by atoms with E-state index in [1.165, 1.54) is 32.1 Å². The Hall–Kier alpha value is -1.68. The van der Waals surface area contributed by atoms with Crippen LogP contribution in [0.4, 0.5) is 0 Å². The van der Waals surface area contributed by atoms with Gasteiger partial charge >= 0.3 is 0 Å². The van der Waals surface area contributed by atoms with Gasteiger partial charge in [0.25, 0.3) is 0 Å². The van der Waals surface area contributed by atoms with E-state index in [2.05, 4.69) is 39.8 Å². The highest BCUT2D eigenvalue weighted by atomic mass is 15.3. The van der Waals surface area contributed by atoms with E-state index in [1.54, 1.807) is 0 Å². The fourth-order valence-electron chi connectivity index (χ4n) is 3.27. The Balaban J connectivity index is 1.60. The third kappa shape index (κ3) is 3.50. The molecule has 1 fully saturated rings. The molecule has 0 unspecified atom stereocenters. The van der Waals surface area contributed by atoms with Crippen molar-refractivity contribution >= 4 is 0 Å². The van der Waals surface area contributed by atoms with E-state index in [-0.39, 0.29) is 0 Å². The van der Waals surface area contributed by atoms with Crippen molar-refractivity contribution in [3.8, 4) is 11.3 Å². The van der Waals surface area contributed by atoms with Gasteiger partial charge in [-0.05, 0) is 18.3 Å². The maximum Gasteiger partial charge on any atom is 0.117 e. The zero-order valence-corrected chi connectivity index (χ0v) is 12.7.